The van der Waals surface area contributed by atoms with Gasteiger partial charge in [-0.1, -0.05) is 12.2 Å². The van der Waals surface area contributed by atoms with Gasteiger partial charge in [0.15, 0.2) is 5.78 Å². The van der Waals surface area contributed by atoms with Crippen LogP contribution in [0.4, 0.5) is 5.69 Å². The molecule has 19 heavy (non-hydrogen) atoms. The van der Waals surface area contributed by atoms with Crippen molar-refractivity contribution in [3.05, 3.63) is 35.9 Å². The fraction of sp³-hybridized carbons (Fsp3) is 0.333. The van der Waals surface area contributed by atoms with Crippen LogP contribution in [0.5, 0.6) is 0 Å². The number of anilines is 1. The van der Waals surface area contributed by atoms with Crippen LogP contribution in [0.15, 0.2) is 35.2 Å². The van der Waals surface area contributed by atoms with E-state index in [-0.39, 0.29) is 11.6 Å². The van der Waals surface area contributed by atoms with Crippen LogP contribution in [-0.4, -0.2) is 17.8 Å². The fourth-order valence-corrected chi connectivity index (χ4v) is 2.83. The van der Waals surface area contributed by atoms with E-state index in [1.807, 2.05) is 12.3 Å². The van der Waals surface area contributed by atoms with Crippen molar-refractivity contribution in [1.29, 1.82) is 0 Å². The maximum absolute atomic E-state index is 12.5. The Morgan fingerprint density at radius 3 is 2.74 bits per heavy atom. The third-order valence-corrected chi connectivity index (χ3v) is 4.16. The zero-order chi connectivity index (χ0) is 14.0. The largest absolute Gasteiger partial charge is 0.398 e. The standard InChI is InChI=1S/C15H17NO2S/c1-9-4-3-5-13(17)14(9)15(18)11-7-6-10(19-2)8-12(11)16/h6-8,14H,1,3-5,16H2,2H3. The molecule has 1 saturated carbocycles. The van der Waals surface area contributed by atoms with E-state index in [9.17, 15) is 9.59 Å². The van der Waals surface area contributed by atoms with Crippen LogP contribution in [0.25, 0.3) is 0 Å². The molecule has 4 heteroatoms. The molecule has 0 radical (unpaired) electrons. The summed E-state index contributed by atoms with van der Waals surface area (Å²) in [5, 5.41) is 0. The Labute approximate surface area is 117 Å². The molecule has 2 N–H and O–H groups in total. The molecule has 0 spiro atoms. The summed E-state index contributed by atoms with van der Waals surface area (Å²) in [6.45, 7) is 3.87. The lowest BCUT2D eigenvalue weighted by Gasteiger charge is -2.22. The monoisotopic (exact) mass is 275 g/mol. The minimum atomic E-state index is -0.698. The van der Waals surface area contributed by atoms with Crippen molar-refractivity contribution in [2.45, 2.75) is 24.2 Å². The molecule has 0 bridgehead atoms. The second kappa shape index (κ2) is 5.61. The molecule has 1 atom stereocenters. The summed E-state index contributed by atoms with van der Waals surface area (Å²) in [5.74, 6) is -0.939. The number of ketones is 2. The second-order valence-corrected chi connectivity index (χ2v) is 5.61. The molecule has 1 aromatic rings. The molecule has 1 aromatic carbocycles. The van der Waals surface area contributed by atoms with Gasteiger partial charge in [0.25, 0.3) is 0 Å². The summed E-state index contributed by atoms with van der Waals surface area (Å²) in [4.78, 5) is 25.4. The van der Waals surface area contributed by atoms with E-state index < -0.39 is 5.92 Å². The van der Waals surface area contributed by atoms with Crippen molar-refractivity contribution < 1.29 is 9.59 Å². The van der Waals surface area contributed by atoms with Gasteiger partial charge in [0.05, 0.1) is 0 Å². The number of Topliss-reactive ketones (excluding diaryl/α,β-unsaturated/α-hetero) is 2. The van der Waals surface area contributed by atoms with Gasteiger partial charge < -0.3 is 5.73 Å². The van der Waals surface area contributed by atoms with E-state index in [0.29, 0.717) is 17.7 Å². The zero-order valence-corrected chi connectivity index (χ0v) is 11.8. The highest BCUT2D eigenvalue weighted by Crippen LogP contribution is 2.31. The van der Waals surface area contributed by atoms with Crippen molar-refractivity contribution in [3.63, 3.8) is 0 Å². The number of benzene rings is 1. The Kier molecular flexibility index (Phi) is 4.10. The number of nitrogens with two attached hydrogens (primary N) is 1. The summed E-state index contributed by atoms with van der Waals surface area (Å²) in [6, 6.07) is 5.33. The number of hydrogen-bond donors (Lipinski definition) is 1. The normalized spacial score (nSPS) is 19.5. The number of carbonyl (C=O) groups excluding carboxylic acids is 2. The van der Waals surface area contributed by atoms with Crippen molar-refractivity contribution in [2.75, 3.05) is 12.0 Å². The number of nitrogen functional groups attached to an aromatic ring is 1. The average molecular weight is 275 g/mol. The third kappa shape index (κ3) is 2.73. The Balaban J connectivity index is 2.33. The van der Waals surface area contributed by atoms with Crippen LogP contribution in [0, 0.1) is 5.92 Å². The predicted molar refractivity (Wildman–Crippen MR) is 78.5 cm³/mol. The molecule has 0 aliphatic heterocycles. The maximum Gasteiger partial charge on any atom is 0.179 e. The van der Waals surface area contributed by atoms with Gasteiger partial charge in [-0.3, -0.25) is 9.59 Å². The first-order chi connectivity index (χ1) is 9.04. The van der Waals surface area contributed by atoms with Gasteiger partial charge >= 0.3 is 0 Å². The predicted octanol–water partition coefficient (Wildman–Crippen LogP) is 3.10. The van der Waals surface area contributed by atoms with Crippen LogP contribution in [0.1, 0.15) is 29.6 Å². The highest BCUT2D eigenvalue weighted by Gasteiger charge is 2.33. The first-order valence-electron chi connectivity index (χ1n) is 6.22. The molecule has 1 aliphatic carbocycles. The Bertz CT molecular complexity index is 535. The van der Waals surface area contributed by atoms with Crippen molar-refractivity contribution in [2.24, 2.45) is 5.92 Å². The maximum atomic E-state index is 12.5. The Morgan fingerprint density at radius 1 is 1.42 bits per heavy atom. The first kappa shape index (κ1) is 13.9. The highest BCUT2D eigenvalue weighted by molar-refractivity contribution is 7.98. The Morgan fingerprint density at radius 2 is 2.16 bits per heavy atom. The summed E-state index contributed by atoms with van der Waals surface area (Å²) in [7, 11) is 0. The second-order valence-electron chi connectivity index (χ2n) is 4.73. The summed E-state index contributed by atoms with van der Waals surface area (Å²) >= 11 is 1.56. The minimum absolute atomic E-state index is 0.0328. The lowest BCUT2D eigenvalue weighted by molar-refractivity contribution is -0.121. The van der Waals surface area contributed by atoms with Crippen molar-refractivity contribution in [1.82, 2.24) is 0 Å². The van der Waals surface area contributed by atoms with E-state index in [1.165, 1.54) is 0 Å². The summed E-state index contributed by atoms with van der Waals surface area (Å²) in [6.07, 6.45) is 3.94. The summed E-state index contributed by atoms with van der Waals surface area (Å²) in [5.41, 5.74) is 7.50. The van der Waals surface area contributed by atoms with Crippen molar-refractivity contribution >= 4 is 29.0 Å². The number of carbonyl (C=O) groups is 2. The van der Waals surface area contributed by atoms with Crippen LogP contribution < -0.4 is 5.73 Å². The van der Waals surface area contributed by atoms with Crippen LogP contribution in [0.2, 0.25) is 0 Å². The van der Waals surface area contributed by atoms with Crippen LogP contribution in [-0.2, 0) is 4.79 Å². The van der Waals surface area contributed by atoms with Gasteiger partial charge in [-0.15, -0.1) is 11.8 Å². The SMILES string of the molecule is C=C1CCCC(=O)C1C(=O)c1ccc(SC)cc1N. The number of thioether (sulfide) groups is 1. The molecule has 3 nitrogen and oxygen atoms in total. The lowest BCUT2D eigenvalue weighted by atomic mass is 9.79. The molecule has 100 valence electrons. The molecule has 2 rings (SSSR count). The molecule has 0 amide bonds. The van der Waals surface area contributed by atoms with E-state index in [2.05, 4.69) is 6.58 Å². The van der Waals surface area contributed by atoms with Gasteiger partial charge in [0.1, 0.15) is 11.7 Å². The van der Waals surface area contributed by atoms with E-state index in [1.54, 1.807) is 23.9 Å². The van der Waals surface area contributed by atoms with Gasteiger partial charge in [0.2, 0.25) is 0 Å². The quantitative estimate of drug-likeness (QED) is 0.303. The molecule has 1 fully saturated rings. The van der Waals surface area contributed by atoms with Gasteiger partial charge in [0, 0.05) is 22.6 Å². The average Bonchev–Trinajstić information content (AvgIpc) is 2.38. The third-order valence-electron chi connectivity index (χ3n) is 3.44. The van der Waals surface area contributed by atoms with Gasteiger partial charge in [-0.25, -0.2) is 0 Å². The molecule has 1 aliphatic rings. The molecular formula is C15H17NO2S. The lowest BCUT2D eigenvalue weighted by Crippen LogP contribution is -2.29. The number of allylic oxidation sites excluding steroid dienone is 1. The van der Waals surface area contributed by atoms with E-state index in [0.717, 1.165) is 23.3 Å². The zero-order valence-electron chi connectivity index (χ0n) is 10.9. The van der Waals surface area contributed by atoms with Gasteiger partial charge in [-0.2, -0.15) is 0 Å². The summed E-state index contributed by atoms with van der Waals surface area (Å²) < 4.78 is 0. The molecule has 0 heterocycles. The fourth-order valence-electron chi connectivity index (χ4n) is 2.39. The van der Waals surface area contributed by atoms with Crippen molar-refractivity contribution in [3.8, 4) is 0 Å². The van der Waals surface area contributed by atoms with Crippen LogP contribution >= 0.6 is 11.8 Å². The Hall–Kier alpha value is -1.55. The van der Waals surface area contributed by atoms with Gasteiger partial charge in [-0.05, 0) is 37.3 Å². The smallest absolute Gasteiger partial charge is 0.179 e. The number of hydrogen-bond acceptors (Lipinski definition) is 4. The highest BCUT2D eigenvalue weighted by atomic mass is 32.2. The molecular weight excluding hydrogens is 258 g/mol. The van der Waals surface area contributed by atoms with E-state index in [4.69, 9.17) is 5.73 Å². The van der Waals surface area contributed by atoms with Crippen LogP contribution in [0.3, 0.4) is 0 Å². The number of rotatable bonds is 3. The van der Waals surface area contributed by atoms with E-state index >= 15 is 0 Å². The topological polar surface area (TPSA) is 60.2 Å². The molecule has 0 saturated heterocycles. The molecule has 1 unspecified atom stereocenters. The molecule has 0 aromatic heterocycles. The first-order valence-corrected chi connectivity index (χ1v) is 7.45. The minimum Gasteiger partial charge on any atom is -0.398 e.